The molecule has 66 valence electrons. The van der Waals surface area contributed by atoms with Gasteiger partial charge in [-0.05, 0) is 7.05 Å². The van der Waals surface area contributed by atoms with E-state index in [0.717, 1.165) is 13.1 Å². The van der Waals surface area contributed by atoms with Crippen LogP contribution < -0.4 is 5.90 Å². The van der Waals surface area contributed by atoms with Gasteiger partial charge in [-0.2, -0.15) is 0 Å². The minimum atomic E-state index is 0.281. The number of likely N-dealkylation sites (tertiary alicyclic amines) is 1. The molecule has 0 bridgehead atoms. The molecule has 11 heavy (non-hydrogen) atoms. The molecule has 0 spiro atoms. The number of rotatable bonds is 3. The number of nitrogens with two attached hydrogens (primary N) is 1. The Bertz CT molecular complexity index is 121. The molecule has 1 aliphatic heterocycles. The summed E-state index contributed by atoms with van der Waals surface area (Å²) in [6, 6.07) is 0. The van der Waals surface area contributed by atoms with Crippen LogP contribution in [0.5, 0.6) is 0 Å². The summed E-state index contributed by atoms with van der Waals surface area (Å²) >= 11 is 0. The zero-order chi connectivity index (χ0) is 8.27. The molecular weight excluding hydrogens is 144 g/mol. The van der Waals surface area contributed by atoms with Crippen molar-refractivity contribution in [1.82, 2.24) is 4.90 Å². The van der Waals surface area contributed by atoms with Crippen molar-refractivity contribution in [3.8, 4) is 0 Å². The standard InChI is InChI=1S/C7H16N2O2/c1-9-3-6(5-11-8)7(4-9)10-2/h6-7H,3-5,8H2,1-2H3. The first kappa shape index (κ1) is 8.93. The number of ether oxygens (including phenoxy) is 1. The Hall–Kier alpha value is -0.160. The van der Waals surface area contributed by atoms with E-state index in [-0.39, 0.29) is 6.10 Å². The minimum absolute atomic E-state index is 0.281. The average molecular weight is 160 g/mol. The summed E-state index contributed by atoms with van der Waals surface area (Å²) in [6.07, 6.45) is 0.281. The molecule has 4 nitrogen and oxygen atoms in total. The van der Waals surface area contributed by atoms with Gasteiger partial charge in [0.25, 0.3) is 0 Å². The fraction of sp³-hybridized carbons (Fsp3) is 1.00. The summed E-state index contributed by atoms with van der Waals surface area (Å²) in [6.45, 7) is 2.57. The van der Waals surface area contributed by atoms with Gasteiger partial charge in [0.1, 0.15) is 0 Å². The van der Waals surface area contributed by atoms with Crippen LogP contribution in [-0.2, 0) is 9.57 Å². The highest BCUT2D eigenvalue weighted by molar-refractivity contribution is 4.82. The third kappa shape index (κ3) is 2.13. The fourth-order valence-electron chi connectivity index (χ4n) is 1.60. The van der Waals surface area contributed by atoms with Crippen LogP contribution in [0.2, 0.25) is 0 Å². The van der Waals surface area contributed by atoms with Crippen molar-refractivity contribution < 1.29 is 9.57 Å². The van der Waals surface area contributed by atoms with Crippen LogP contribution in [0.3, 0.4) is 0 Å². The maximum Gasteiger partial charge on any atom is 0.0761 e. The first-order valence-electron chi connectivity index (χ1n) is 3.81. The number of hydrogen-bond acceptors (Lipinski definition) is 4. The fourth-order valence-corrected chi connectivity index (χ4v) is 1.60. The highest BCUT2D eigenvalue weighted by atomic mass is 16.6. The average Bonchev–Trinajstić information content (AvgIpc) is 2.32. The molecule has 0 saturated carbocycles. The Labute approximate surface area is 67.2 Å². The van der Waals surface area contributed by atoms with Gasteiger partial charge in [0.15, 0.2) is 0 Å². The molecule has 0 radical (unpaired) electrons. The molecule has 0 aromatic heterocycles. The van der Waals surface area contributed by atoms with Crippen LogP contribution in [0.4, 0.5) is 0 Å². The summed E-state index contributed by atoms with van der Waals surface area (Å²) in [7, 11) is 3.80. The number of hydrogen-bond donors (Lipinski definition) is 1. The predicted octanol–water partition coefficient (Wildman–Crippen LogP) is -0.547. The van der Waals surface area contributed by atoms with Crippen LogP contribution in [-0.4, -0.2) is 44.9 Å². The van der Waals surface area contributed by atoms with Crippen LogP contribution in [0.15, 0.2) is 0 Å². The van der Waals surface area contributed by atoms with E-state index in [2.05, 4.69) is 16.8 Å². The van der Waals surface area contributed by atoms with Crippen molar-refractivity contribution in [2.24, 2.45) is 11.8 Å². The maximum atomic E-state index is 5.27. The zero-order valence-electron chi connectivity index (χ0n) is 7.12. The Kier molecular flexibility index (Phi) is 3.26. The second-order valence-corrected chi connectivity index (χ2v) is 3.09. The second-order valence-electron chi connectivity index (χ2n) is 3.09. The van der Waals surface area contributed by atoms with Crippen molar-refractivity contribution in [2.45, 2.75) is 6.10 Å². The van der Waals surface area contributed by atoms with Gasteiger partial charge in [0, 0.05) is 26.1 Å². The van der Waals surface area contributed by atoms with Gasteiger partial charge in [0.05, 0.1) is 12.7 Å². The van der Waals surface area contributed by atoms with Gasteiger partial charge in [-0.15, -0.1) is 0 Å². The third-order valence-corrected chi connectivity index (χ3v) is 2.18. The van der Waals surface area contributed by atoms with Gasteiger partial charge < -0.3 is 14.5 Å². The Balaban J connectivity index is 2.37. The molecule has 2 unspecified atom stereocenters. The second kappa shape index (κ2) is 4.01. The van der Waals surface area contributed by atoms with E-state index >= 15 is 0 Å². The van der Waals surface area contributed by atoms with Gasteiger partial charge >= 0.3 is 0 Å². The molecular formula is C7H16N2O2. The summed E-state index contributed by atoms with van der Waals surface area (Å²) in [5, 5.41) is 0. The summed E-state index contributed by atoms with van der Waals surface area (Å²) in [5.74, 6) is 5.42. The van der Waals surface area contributed by atoms with E-state index in [1.807, 2.05) is 0 Å². The van der Waals surface area contributed by atoms with E-state index in [9.17, 15) is 0 Å². The monoisotopic (exact) mass is 160 g/mol. The van der Waals surface area contributed by atoms with Gasteiger partial charge in [0.2, 0.25) is 0 Å². The van der Waals surface area contributed by atoms with Crippen molar-refractivity contribution in [3.63, 3.8) is 0 Å². The highest BCUT2D eigenvalue weighted by Crippen LogP contribution is 2.17. The summed E-state index contributed by atoms with van der Waals surface area (Å²) < 4.78 is 5.27. The SMILES string of the molecule is COC1CN(C)CC1CON. The molecule has 1 saturated heterocycles. The number of methoxy groups -OCH3 is 1. The molecule has 0 aromatic carbocycles. The quantitative estimate of drug-likeness (QED) is 0.563. The lowest BCUT2D eigenvalue weighted by molar-refractivity contribution is 0.0271. The molecule has 2 atom stereocenters. The van der Waals surface area contributed by atoms with E-state index in [0.29, 0.717) is 12.5 Å². The molecule has 2 N–H and O–H groups in total. The van der Waals surface area contributed by atoms with Crippen molar-refractivity contribution in [3.05, 3.63) is 0 Å². The smallest absolute Gasteiger partial charge is 0.0761 e. The van der Waals surface area contributed by atoms with Crippen LogP contribution in [0, 0.1) is 5.92 Å². The first-order chi connectivity index (χ1) is 5.27. The highest BCUT2D eigenvalue weighted by Gasteiger charge is 2.30. The Morgan fingerprint density at radius 2 is 2.27 bits per heavy atom. The normalized spacial score (nSPS) is 33.0. The summed E-state index contributed by atoms with van der Waals surface area (Å²) in [5.41, 5.74) is 0. The van der Waals surface area contributed by atoms with Crippen LogP contribution in [0.25, 0.3) is 0 Å². The lowest BCUT2D eigenvalue weighted by Gasteiger charge is -2.14. The molecule has 1 rings (SSSR count). The number of likely N-dealkylation sites (N-methyl/N-ethyl adjacent to an activating group) is 1. The maximum absolute atomic E-state index is 5.27. The van der Waals surface area contributed by atoms with Crippen molar-refractivity contribution >= 4 is 0 Å². The van der Waals surface area contributed by atoms with Gasteiger partial charge in [-0.3, -0.25) is 0 Å². The predicted molar refractivity (Wildman–Crippen MR) is 41.9 cm³/mol. The van der Waals surface area contributed by atoms with E-state index in [1.165, 1.54) is 0 Å². The first-order valence-corrected chi connectivity index (χ1v) is 3.81. The number of nitrogens with zero attached hydrogens (tertiary/aromatic N) is 1. The molecule has 0 amide bonds. The Morgan fingerprint density at radius 1 is 1.55 bits per heavy atom. The third-order valence-electron chi connectivity index (χ3n) is 2.18. The molecule has 1 heterocycles. The van der Waals surface area contributed by atoms with Crippen LogP contribution in [0.1, 0.15) is 0 Å². The lowest BCUT2D eigenvalue weighted by Crippen LogP contribution is -2.26. The molecule has 1 aliphatic rings. The van der Waals surface area contributed by atoms with E-state index < -0.39 is 0 Å². The molecule has 4 heteroatoms. The molecule has 0 aromatic rings. The lowest BCUT2D eigenvalue weighted by atomic mass is 10.1. The topological polar surface area (TPSA) is 47.7 Å². The van der Waals surface area contributed by atoms with Gasteiger partial charge in [-0.1, -0.05) is 0 Å². The molecule has 1 fully saturated rings. The van der Waals surface area contributed by atoms with E-state index in [4.69, 9.17) is 10.6 Å². The minimum Gasteiger partial charge on any atom is -0.380 e. The van der Waals surface area contributed by atoms with Crippen LogP contribution >= 0.6 is 0 Å². The van der Waals surface area contributed by atoms with Crippen molar-refractivity contribution in [1.29, 1.82) is 0 Å². The Morgan fingerprint density at radius 3 is 2.82 bits per heavy atom. The van der Waals surface area contributed by atoms with E-state index in [1.54, 1.807) is 7.11 Å². The zero-order valence-corrected chi connectivity index (χ0v) is 7.12. The summed E-state index contributed by atoms with van der Waals surface area (Å²) in [4.78, 5) is 6.82. The van der Waals surface area contributed by atoms with Gasteiger partial charge in [-0.25, -0.2) is 5.90 Å². The molecule has 0 aliphatic carbocycles. The largest absolute Gasteiger partial charge is 0.380 e. The van der Waals surface area contributed by atoms with Crippen molar-refractivity contribution in [2.75, 3.05) is 33.9 Å².